The Balaban J connectivity index is 1.28. The molecule has 3 aromatic rings. The minimum Gasteiger partial charge on any atom is -0.497 e. The van der Waals surface area contributed by atoms with Crippen LogP contribution < -0.4 is 9.47 Å². The Labute approximate surface area is 188 Å². The maximum atomic E-state index is 11.1. The van der Waals surface area contributed by atoms with Gasteiger partial charge in [-0.05, 0) is 50.5 Å². The lowest BCUT2D eigenvalue weighted by atomic mass is 9.81. The summed E-state index contributed by atoms with van der Waals surface area (Å²) in [4.78, 5) is 5.72. The van der Waals surface area contributed by atoms with Crippen molar-refractivity contribution in [3.63, 3.8) is 0 Å². The first-order valence-electron chi connectivity index (χ1n) is 11.4. The molecule has 2 aromatic carbocycles. The highest BCUT2D eigenvalue weighted by atomic mass is 16.5. The van der Waals surface area contributed by atoms with E-state index in [9.17, 15) is 10.2 Å². The van der Waals surface area contributed by atoms with E-state index in [-0.39, 0.29) is 5.60 Å². The van der Waals surface area contributed by atoms with Gasteiger partial charge in [-0.1, -0.05) is 12.1 Å². The lowest BCUT2D eigenvalue weighted by molar-refractivity contribution is -0.0588. The largest absolute Gasteiger partial charge is 0.497 e. The second kappa shape index (κ2) is 8.10. The number of hydrogen-bond acceptors (Lipinski definition) is 5. The fourth-order valence-electron chi connectivity index (χ4n) is 5.42. The van der Waals surface area contributed by atoms with Gasteiger partial charge in [0.05, 0.1) is 19.3 Å². The highest BCUT2D eigenvalue weighted by Gasteiger charge is 2.43. The number of piperidine rings is 1. The summed E-state index contributed by atoms with van der Waals surface area (Å²) in [5.74, 6) is 1.46. The number of aliphatic hydroxyl groups is 2. The van der Waals surface area contributed by atoms with Crippen molar-refractivity contribution in [3.05, 3.63) is 58.8 Å². The van der Waals surface area contributed by atoms with E-state index < -0.39 is 12.2 Å². The van der Waals surface area contributed by atoms with Gasteiger partial charge in [0, 0.05) is 59.8 Å². The Hall–Kier alpha value is -2.54. The van der Waals surface area contributed by atoms with E-state index in [1.165, 1.54) is 5.56 Å². The quantitative estimate of drug-likeness (QED) is 0.572. The lowest BCUT2D eigenvalue weighted by Crippen LogP contribution is -2.51. The predicted octanol–water partition coefficient (Wildman–Crippen LogP) is 4.18. The first-order chi connectivity index (χ1) is 15.4. The number of fused-ring (bicyclic) bond motifs is 2. The average Bonchev–Trinajstić information content (AvgIpc) is 3.09. The number of rotatable bonds is 4. The van der Waals surface area contributed by atoms with Crippen LogP contribution in [0.5, 0.6) is 11.5 Å². The normalized spacial score (nSPS) is 21.3. The summed E-state index contributed by atoms with van der Waals surface area (Å²) in [5.41, 5.74) is 4.76. The summed E-state index contributed by atoms with van der Waals surface area (Å²) in [5, 5.41) is 22.9. The molecule has 5 rings (SSSR count). The number of aromatic nitrogens is 1. The van der Waals surface area contributed by atoms with Crippen LogP contribution in [-0.4, -0.2) is 52.4 Å². The summed E-state index contributed by atoms with van der Waals surface area (Å²) in [6.45, 7) is 6.34. The highest BCUT2D eigenvalue weighted by Crippen LogP contribution is 2.45. The summed E-state index contributed by atoms with van der Waals surface area (Å²) < 4.78 is 11.8. The molecule has 1 fully saturated rings. The van der Waals surface area contributed by atoms with Crippen LogP contribution in [0.25, 0.3) is 10.9 Å². The predicted molar refractivity (Wildman–Crippen MR) is 124 cm³/mol. The van der Waals surface area contributed by atoms with E-state index in [2.05, 4.69) is 35.0 Å². The molecule has 6 heteroatoms. The van der Waals surface area contributed by atoms with Crippen LogP contribution >= 0.6 is 0 Å². The van der Waals surface area contributed by atoms with Crippen LogP contribution in [0.2, 0.25) is 0 Å². The molecule has 2 aliphatic rings. The monoisotopic (exact) mass is 436 g/mol. The first kappa shape index (κ1) is 21.3. The van der Waals surface area contributed by atoms with Gasteiger partial charge in [0.15, 0.2) is 0 Å². The van der Waals surface area contributed by atoms with E-state index >= 15 is 0 Å². The third kappa shape index (κ3) is 3.76. The van der Waals surface area contributed by atoms with Gasteiger partial charge in [-0.2, -0.15) is 0 Å². The molecule has 0 amide bonds. The van der Waals surface area contributed by atoms with Gasteiger partial charge in [0.1, 0.15) is 17.1 Å². The second-order valence-electron chi connectivity index (χ2n) is 9.44. The summed E-state index contributed by atoms with van der Waals surface area (Å²) in [7, 11) is 1.64. The number of β-amino-alcohol motifs (C(OH)–C–C–N with tert-alkyl or cyclic N) is 1. The number of aromatic amines is 1. The fraction of sp³-hybridized carbons (Fsp3) is 0.462. The van der Waals surface area contributed by atoms with Crippen LogP contribution in [0.4, 0.5) is 0 Å². The van der Waals surface area contributed by atoms with E-state index in [0.717, 1.165) is 65.2 Å². The topological polar surface area (TPSA) is 78.0 Å². The van der Waals surface area contributed by atoms with Crippen molar-refractivity contribution in [3.8, 4) is 11.5 Å². The van der Waals surface area contributed by atoms with Crippen LogP contribution in [0, 0.1) is 13.8 Å². The zero-order valence-corrected chi connectivity index (χ0v) is 19.0. The Kier molecular flexibility index (Phi) is 5.40. The van der Waals surface area contributed by atoms with E-state index in [1.807, 2.05) is 25.1 Å². The minimum atomic E-state index is -0.552. The van der Waals surface area contributed by atoms with Crippen molar-refractivity contribution in [2.24, 2.45) is 0 Å². The molecule has 0 unspecified atom stereocenters. The van der Waals surface area contributed by atoms with E-state index in [1.54, 1.807) is 7.11 Å². The number of benzene rings is 2. The number of nitrogens with zero attached hydrogens (tertiary/aromatic N) is 1. The minimum absolute atomic E-state index is 0.367. The standard InChI is InChI=1S/C26H32N2O4/c1-16-4-6-19-21(12-16)27-17(2)25(19)23(30)15-28-10-8-26(9-11-28)14-22(29)20-7-5-18(31-3)13-24(20)32-26/h4-7,12-13,22-23,27,29-30H,8-11,14-15H2,1-3H3/t22-,23+/m0/s1. The molecule has 3 heterocycles. The van der Waals surface area contributed by atoms with Gasteiger partial charge in [-0.15, -0.1) is 0 Å². The molecule has 2 aliphatic heterocycles. The maximum Gasteiger partial charge on any atom is 0.129 e. The molecule has 32 heavy (non-hydrogen) atoms. The molecule has 2 atom stereocenters. The molecule has 1 saturated heterocycles. The molecule has 6 nitrogen and oxygen atoms in total. The van der Waals surface area contributed by atoms with Crippen molar-refractivity contribution in [2.45, 2.75) is 50.9 Å². The summed E-state index contributed by atoms with van der Waals surface area (Å²) >= 11 is 0. The number of methoxy groups -OCH3 is 1. The summed E-state index contributed by atoms with van der Waals surface area (Å²) in [6, 6.07) is 11.9. The number of aryl methyl sites for hydroxylation is 2. The molecular formula is C26H32N2O4. The molecule has 170 valence electrons. The zero-order chi connectivity index (χ0) is 22.5. The third-order valence-corrected chi connectivity index (χ3v) is 7.19. The maximum absolute atomic E-state index is 11.1. The number of likely N-dealkylation sites (tertiary alicyclic amines) is 1. The molecule has 0 aliphatic carbocycles. The SMILES string of the molecule is COc1ccc2c(c1)OC1(CCN(C[C@@H](O)c3c(C)[nH]c4cc(C)ccc34)CC1)C[C@@H]2O. The third-order valence-electron chi connectivity index (χ3n) is 7.19. The Morgan fingerprint density at radius 2 is 1.97 bits per heavy atom. The lowest BCUT2D eigenvalue weighted by Gasteiger charge is -2.46. The van der Waals surface area contributed by atoms with Gasteiger partial charge in [-0.25, -0.2) is 0 Å². The number of hydrogen-bond donors (Lipinski definition) is 3. The molecule has 0 radical (unpaired) electrons. The van der Waals surface area contributed by atoms with Gasteiger partial charge >= 0.3 is 0 Å². The van der Waals surface area contributed by atoms with Crippen LogP contribution in [0.15, 0.2) is 36.4 Å². The van der Waals surface area contributed by atoms with Crippen molar-refractivity contribution in [1.29, 1.82) is 0 Å². The second-order valence-corrected chi connectivity index (χ2v) is 9.44. The Bertz CT molecular complexity index is 1130. The van der Waals surface area contributed by atoms with E-state index in [0.29, 0.717) is 13.0 Å². The first-order valence-corrected chi connectivity index (χ1v) is 11.4. The van der Waals surface area contributed by atoms with Gasteiger partial charge in [0.25, 0.3) is 0 Å². The fourth-order valence-corrected chi connectivity index (χ4v) is 5.42. The number of ether oxygens (including phenoxy) is 2. The van der Waals surface area contributed by atoms with Gasteiger partial charge in [-0.3, -0.25) is 0 Å². The van der Waals surface area contributed by atoms with Crippen molar-refractivity contribution in [1.82, 2.24) is 9.88 Å². The van der Waals surface area contributed by atoms with Crippen molar-refractivity contribution >= 4 is 10.9 Å². The molecule has 1 aromatic heterocycles. The Morgan fingerprint density at radius 1 is 1.19 bits per heavy atom. The molecule has 3 N–H and O–H groups in total. The number of H-pyrrole nitrogens is 1. The van der Waals surface area contributed by atoms with Crippen molar-refractivity contribution < 1.29 is 19.7 Å². The molecular weight excluding hydrogens is 404 g/mol. The molecule has 1 spiro atoms. The smallest absolute Gasteiger partial charge is 0.129 e. The Morgan fingerprint density at radius 3 is 2.72 bits per heavy atom. The van der Waals surface area contributed by atoms with Crippen LogP contribution in [-0.2, 0) is 0 Å². The number of nitrogens with one attached hydrogen (secondary N) is 1. The van der Waals surface area contributed by atoms with Crippen molar-refractivity contribution in [2.75, 3.05) is 26.7 Å². The average molecular weight is 437 g/mol. The molecule has 0 bridgehead atoms. The summed E-state index contributed by atoms with van der Waals surface area (Å²) in [6.07, 6.45) is 1.16. The van der Waals surface area contributed by atoms with E-state index in [4.69, 9.17) is 9.47 Å². The number of aliphatic hydroxyl groups excluding tert-OH is 2. The molecule has 0 saturated carbocycles. The highest BCUT2D eigenvalue weighted by molar-refractivity contribution is 5.85. The van der Waals surface area contributed by atoms with Gasteiger partial charge < -0.3 is 29.6 Å². The van der Waals surface area contributed by atoms with Crippen LogP contribution in [0.3, 0.4) is 0 Å². The zero-order valence-electron chi connectivity index (χ0n) is 19.0. The van der Waals surface area contributed by atoms with Gasteiger partial charge in [0.2, 0.25) is 0 Å². The van der Waals surface area contributed by atoms with Crippen LogP contribution in [0.1, 0.15) is 53.9 Å².